The molecule has 2 heterocycles. The van der Waals surface area contributed by atoms with Crippen LogP contribution in [0.2, 0.25) is 0 Å². The van der Waals surface area contributed by atoms with Crippen LogP contribution < -0.4 is 10.1 Å². The van der Waals surface area contributed by atoms with Gasteiger partial charge in [-0.05, 0) is 42.5 Å². The van der Waals surface area contributed by atoms with Gasteiger partial charge >= 0.3 is 0 Å². The number of ether oxygens (including phenoxy) is 1. The van der Waals surface area contributed by atoms with Crippen LogP contribution in [-0.2, 0) is 4.79 Å². The molecule has 4 rings (SSSR count). The van der Waals surface area contributed by atoms with Gasteiger partial charge in [0.15, 0.2) is 5.88 Å². The average molecular weight is 334 g/mol. The first-order chi connectivity index (χ1) is 12.1. The van der Waals surface area contributed by atoms with E-state index in [1.165, 1.54) is 0 Å². The van der Waals surface area contributed by atoms with Gasteiger partial charge in [0, 0.05) is 42.6 Å². The second kappa shape index (κ2) is 6.02. The van der Waals surface area contributed by atoms with Crippen LogP contribution in [0.5, 0.6) is 5.75 Å². The van der Waals surface area contributed by atoms with Crippen molar-refractivity contribution in [3.05, 3.63) is 72.0 Å². The number of likely N-dealkylation sites (N-methyl/N-ethyl adjacent to an activating group) is 1. The van der Waals surface area contributed by atoms with E-state index in [1.54, 1.807) is 25.3 Å². The number of benzene rings is 1. The van der Waals surface area contributed by atoms with Crippen LogP contribution in [0.1, 0.15) is 5.56 Å². The molecule has 0 saturated heterocycles. The summed E-state index contributed by atoms with van der Waals surface area (Å²) in [4.78, 5) is 13.9. The molecule has 2 aliphatic rings. The standard InChI is InChI=1S/C20H18N2O3/c1-22(2)20(23)13-5-3-6-17-15(11-13)16-12-14(8-9-18(16)25-17)21-19-7-4-10-24-19/h3-12,17,21H,1-2H3. The Morgan fingerprint density at radius 1 is 1.24 bits per heavy atom. The van der Waals surface area contributed by atoms with Crippen molar-refractivity contribution < 1.29 is 13.9 Å². The van der Waals surface area contributed by atoms with E-state index < -0.39 is 0 Å². The number of nitrogens with one attached hydrogen (secondary N) is 1. The van der Waals surface area contributed by atoms with E-state index in [2.05, 4.69) is 5.32 Å². The van der Waals surface area contributed by atoms with Gasteiger partial charge in [0.25, 0.3) is 5.91 Å². The number of carbonyl (C=O) groups is 1. The smallest absolute Gasteiger partial charge is 0.253 e. The van der Waals surface area contributed by atoms with Crippen molar-refractivity contribution in [2.45, 2.75) is 6.10 Å². The first-order valence-electron chi connectivity index (χ1n) is 8.05. The first-order valence-corrected chi connectivity index (χ1v) is 8.05. The number of allylic oxidation sites excluding steroid dienone is 2. The molecule has 1 aromatic heterocycles. The summed E-state index contributed by atoms with van der Waals surface area (Å²) in [6.07, 6.45) is 9.01. The Morgan fingerprint density at radius 2 is 2.12 bits per heavy atom. The van der Waals surface area contributed by atoms with Gasteiger partial charge in [0.1, 0.15) is 11.9 Å². The monoisotopic (exact) mass is 334 g/mol. The van der Waals surface area contributed by atoms with Crippen LogP contribution in [0.3, 0.4) is 0 Å². The molecular formula is C20H18N2O3. The molecule has 0 bridgehead atoms. The number of hydrogen-bond acceptors (Lipinski definition) is 4. The first kappa shape index (κ1) is 15.3. The molecule has 1 N–H and O–H groups in total. The molecule has 5 heteroatoms. The zero-order valence-corrected chi connectivity index (χ0v) is 14.0. The second-order valence-corrected chi connectivity index (χ2v) is 6.16. The number of amides is 1. The molecule has 1 amide bonds. The summed E-state index contributed by atoms with van der Waals surface area (Å²) in [6, 6.07) is 9.58. The van der Waals surface area contributed by atoms with Crippen LogP contribution in [0, 0.1) is 0 Å². The van der Waals surface area contributed by atoms with Crippen LogP contribution in [0.4, 0.5) is 11.6 Å². The fourth-order valence-corrected chi connectivity index (χ4v) is 2.95. The molecule has 1 atom stereocenters. The summed E-state index contributed by atoms with van der Waals surface area (Å²) >= 11 is 0. The van der Waals surface area contributed by atoms with Gasteiger partial charge in [-0.3, -0.25) is 4.79 Å². The Hall–Kier alpha value is -3.21. The summed E-state index contributed by atoms with van der Waals surface area (Å²) in [5.74, 6) is 1.45. The second-order valence-electron chi connectivity index (χ2n) is 6.16. The van der Waals surface area contributed by atoms with Crippen molar-refractivity contribution in [2.75, 3.05) is 19.4 Å². The number of rotatable bonds is 3. The van der Waals surface area contributed by atoms with Crippen LogP contribution in [0.25, 0.3) is 5.57 Å². The highest BCUT2D eigenvalue weighted by Gasteiger charge is 2.29. The highest BCUT2D eigenvalue weighted by molar-refractivity contribution is 6.00. The maximum atomic E-state index is 12.3. The third-order valence-corrected chi connectivity index (χ3v) is 4.17. The normalized spacial score (nSPS) is 17.6. The molecule has 0 spiro atoms. The van der Waals surface area contributed by atoms with Gasteiger partial charge in [0.05, 0.1) is 6.26 Å². The molecule has 0 radical (unpaired) electrons. The van der Waals surface area contributed by atoms with Gasteiger partial charge < -0.3 is 19.4 Å². The number of fused-ring (bicyclic) bond motifs is 3. The summed E-state index contributed by atoms with van der Waals surface area (Å²) in [6.45, 7) is 0. The van der Waals surface area contributed by atoms with Gasteiger partial charge in [-0.15, -0.1) is 0 Å². The Labute approximate surface area is 145 Å². The number of hydrogen-bond donors (Lipinski definition) is 1. The summed E-state index contributed by atoms with van der Waals surface area (Å²) < 4.78 is 11.3. The minimum atomic E-state index is -0.183. The molecular weight excluding hydrogens is 316 g/mol. The van der Waals surface area contributed by atoms with Gasteiger partial charge in [-0.1, -0.05) is 6.08 Å². The SMILES string of the molecule is CN(C)C(=O)C1=CC=CC2Oc3ccc(Nc4ccco4)cc3C2=C1. The minimum absolute atomic E-state index is 0.0314. The van der Waals surface area contributed by atoms with Crippen molar-refractivity contribution in [1.29, 1.82) is 0 Å². The Bertz CT molecular complexity index is 905. The van der Waals surface area contributed by atoms with E-state index in [4.69, 9.17) is 9.15 Å². The molecule has 25 heavy (non-hydrogen) atoms. The van der Waals surface area contributed by atoms with E-state index in [-0.39, 0.29) is 12.0 Å². The molecule has 0 fully saturated rings. The molecule has 5 nitrogen and oxygen atoms in total. The Balaban J connectivity index is 1.71. The van der Waals surface area contributed by atoms with E-state index in [0.29, 0.717) is 11.5 Å². The zero-order valence-electron chi connectivity index (χ0n) is 14.0. The van der Waals surface area contributed by atoms with E-state index in [1.807, 2.05) is 54.6 Å². The van der Waals surface area contributed by atoms with Gasteiger partial charge in [0.2, 0.25) is 0 Å². The predicted molar refractivity (Wildman–Crippen MR) is 96.7 cm³/mol. The molecule has 0 saturated carbocycles. The fourth-order valence-electron chi connectivity index (χ4n) is 2.95. The molecule has 1 aromatic carbocycles. The lowest BCUT2D eigenvalue weighted by atomic mass is 10.00. The number of anilines is 2. The quantitative estimate of drug-likeness (QED) is 0.929. The predicted octanol–water partition coefficient (Wildman–Crippen LogP) is 3.75. The van der Waals surface area contributed by atoms with E-state index in [0.717, 1.165) is 22.6 Å². The summed E-state index contributed by atoms with van der Waals surface area (Å²) in [5.41, 5.74) is 3.50. The van der Waals surface area contributed by atoms with E-state index in [9.17, 15) is 4.79 Å². The van der Waals surface area contributed by atoms with Crippen molar-refractivity contribution in [1.82, 2.24) is 4.90 Å². The minimum Gasteiger partial charge on any atom is -0.481 e. The van der Waals surface area contributed by atoms with Crippen LogP contribution in [0.15, 0.2) is 70.9 Å². The van der Waals surface area contributed by atoms with Crippen molar-refractivity contribution in [3.63, 3.8) is 0 Å². The Kier molecular flexibility index (Phi) is 3.69. The fraction of sp³-hybridized carbons (Fsp3) is 0.150. The third-order valence-electron chi connectivity index (χ3n) is 4.17. The maximum Gasteiger partial charge on any atom is 0.253 e. The highest BCUT2D eigenvalue weighted by atomic mass is 16.5. The van der Waals surface area contributed by atoms with Crippen molar-refractivity contribution in [3.8, 4) is 5.75 Å². The Morgan fingerprint density at radius 3 is 2.88 bits per heavy atom. The topological polar surface area (TPSA) is 54.7 Å². The van der Waals surface area contributed by atoms with Crippen molar-refractivity contribution in [2.24, 2.45) is 0 Å². The lowest BCUT2D eigenvalue weighted by Gasteiger charge is -2.11. The zero-order chi connectivity index (χ0) is 17.4. The third kappa shape index (κ3) is 2.85. The van der Waals surface area contributed by atoms with Crippen LogP contribution >= 0.6 is 0 Å². The van der Waals surface area contributed by atoms with Crippen molar-refractivity contribution >= 4 is 23.1 Å². The lowest BCUT2D eigenvalue weighted by molar-refractivity contribution is -0.124. The largest absolute Gasteiger partial charge is 0.481 e. The van der Waals surface area contributed by atoms with Gasteiger partial charge in [-0.2, -0.15) is 0 Å². The van der Waals surface area contributed by atoms with Gasteiger partial charge in [-0.25, -0.2) is 0 Å². The molecule has 1 aliphatic carbocycles. The number of nitrogens with zero attached hydrogens (tertiary/aromatic N) is 1. The molecule has 2 aromatic rings. The summed E-state index contributed by atoms with van der Waals surface area (Å²) in [7, 11) is 3.50. The lowest BCUT2D eigenvalue weighted by Crippen LogP contribution is -2.22. The number of furan rings is 1. The molecule has 126 valence electrons. The van der Waals surface area contributed by atoms with Crippen LogP contribution in [-0.4, -0.2) is 31.0 Å². The molecule has 1 unspecified atom stereocenters. The average Bonchev–Trinajstić information content (AvgIpc) is 3.16. The highest BCUT2D eigenvalue weighted by Crippen LogP contribution is 2.41. The number of carbonyl (C=O) groups excluding carboxylic acids is 1. The summed E-state index contributed by atoms with van der Waals surface area (Å²) in [5, 5.41) is 3.22. The maximum absolute atomic E-state index is 12.3. The van der Waals surface area contributed by atoms with E-state index >= 15 is 0 Å². The molecule has 1 aliphatic heterocycles.